The number of nitrogens with zero attached hydrogens (tertiary/aromatic N) is 1. The lowest BCUT2D eigenvalue weighted by Gasteiger charge is -2.39. The maximum atomic E-state index is 13.5. The Hall–Kier alpha value is -2.82. The average molecular weight is 449 g/mol. The van der Waals surface area contributed by atoms with Gasteiger partial charge in [0.05, 0.1) is 6.04 Å². The van der Waals surface area contributed by atoms with Crippen LogP contribution in [0.1, 0.15) is 75.1 Å². The zero-order valence-corrected chi connectivity index (χ0v) is 19.9. The van der Waals surface area contributed by atoms with Gasteiger partial charge in [-0.1, -0.05) is 63.1 Å². The van der Waals surface area contributed by atoms with Gasteiger partial charge in [0.25, 0.3) is 5.91 Å². The summed E-state index contributed by atoms with van der Waals surface area (Å²) in [4.78, 5) is 28.1. The van der Waals surface area contributed by atoms with Crippen LogP contribution in [-0.2, 0) is 16.0 Å². The number of rotatable bonds is 8. The van der Waals surface area contributed by atoms with Gasteiger partial charge in [0.1, 0.15) is 5.75 Å². The number of fused-ring (bicyclic) bond motifs is 1. The minimum absolute atomic E-state index is 0.0743. The number of carbonyl (C=O) groups excluding carboxylic acids is 2. The second-order valence-corrected chi connectivity index (χ2v) is 9.24. The van der Waals surface area contributed by atoms with E-state index in [1.165, 1.54) is 5.56 Å². The highest BCUT2D eigenvalue weighted by Crippen LogP contribution is 2.39. The first-order valence-corrected chi connectivity index (χ1v) is 12.5. The molecule has 0 unspecified atom stereocenters. The molecular weight excluding hydrogens is 412 g/mol. The summed E-state index contributed by atoms with van der Waals surface area (Å²) in [5.74, 6) is 1.03. The van der Waals surface area contributed by atoms with Gasteiger partial charge >= 0.3 is 0 Å². The van der Waals surface area contributed by atoms with Crippen LogP contribution < -0.4 is 10.1 Å². The topological polar surface area (TPSA) is 58.6 Å². The van der Waals surface area contributed by atoms with Gasteiger partial charge in [0.15, 0.2) is 6.10 Å². The first-order valence-electron chi connectivity index (χ1n) is 12.5. The molecule has 5 nitrogen and oxygen atoms in total. The van der Waals surface area contributed by atoms with E-state index in [1.54, 1.807) is 0 Å². The predicted molar refractivity (Wildman–Crippen MR) is 130 cm³/mol. The van der Waals surface area contributed by atoms with Gasteiger partial charge in [-0.05, 0) is 60.9 Å². The van der Waals surface area contributed by atoms with Crippen LogP contribution in [0.15, 0.2) is 48.5 Å². The molecule has 1 fully saturated rings. The van der Waals surface area contributed by atoms with Crippen molar-refractivity contribution in [1.29, 1.82) is 0 Å². The third-order valence-electron chi connectivity index (χ3n) is 6.94. The minimum Gasteiger partial charge on any atom is -0.481 e. The summed E-state index contributed by atoms with van der Waals surface area (Å²) in [5, 5.41) is 2.94. The van der Waals surface area contributed by atoms with Crippen LogP contribution in [0.4, 0.5) is 0 Å². The van der Waals surface area contributed by atoms with Crippen LogP contribution in [0.25, 0.3) is 0 Å². The number of nitrogens with one attached hydrogen (secondary N) is 1. The lowest BCUT2D eigenvalue weighted by atomic mass is 9.87. The van der Waals surface area contributed by atoms with Gasteiger partial charge in [0.2, 0.25) is 5.91 Å². The minimum atomic E-state index is -0.524. The van der Waals surface area contributed by atoms with Crippen molar-refractivity contribution >= 4 is 11.8 Å². The van der Waals surface area contributed by atoms with Crippen LogP contribution in [0.3, 0.4) is 0 Å². The second kappa shape index (κ2) is 10.9. The van der Waals surface area contributed by atoms with Crippen molar-refractivity contribution in [1.82, 2.24) is 10.2 Å². The third-order valence-corrected chi connectivity index (χ3v) is 6.94. The molecule has 2 aliphatic rings. The van der Waals surface area contributed by atoms with Crippen LogP contribution in [-0.4, -0.2) is 35.9 Å². The molecule has 2 atom stereocenters. The summed E-state index contributed by atoms with van der Waals surface area (Å²) >= 11 is 0. The van der Waals surface area contributed by atoms with E-state index in [1.807, 2.05) is 38.1 Å². The van der Waals surface area contributed by atoms with Crippen molar-refractivity contribution in [2.24, 2.45) is 5.92 Å². The molecule has 0 bridgehead atoms. The van der Waals surface area contributed by atoms with Crippen LogP contribution in [0.2, 0.25) is 0 Å². The molecule has 1 aliphatic carbocycles. The number of ether oxygens (including phenoxy) is 1. The summed E-state index contributed by atoms with van der Waals surface area (Å²) in [7, 11) is 0. The van der Waals surface area contributed by atoms with Gasteiger partial charge in [-0.25, -0.2) is 0 Å². The summed E-state index contributed by atoms with van der Waals surface area (Å²) in [5.41, 5.74) is 3.48. The first-order chi connectivity index (χ1) is 16.1. The number of benzene rings is 2. The van der Waals surface area contributed by atoms with Gasteiger partial charge in [-0.15, -0.1) is 0 Å². The largest absolute Gasteiger partial charge is 0.481 e. The molecule has 2 aromatic carbocycles. The van der Waals surface area contributed by atoms with Crippen LogP contribution in [0.5, 0.6) is 5.75 Å². The van der Waals surface area contributed by atoms with E-state index in [0.29, 0.717) is 18.7 Å². The Morgan fingerprint density at radius 3 is 2.55 bits per heavy atom. The van der Waals surface area contributed by atoms with Crippen molar-refractivity contribution in [2.75, 3.05) is 13.1 Å². The fraction of sp³-hybridized carbons (Fsp3) is 0.500. The number of carbonyl (C=O) groups is 2. The molecule has 0 saturated heterocycles. The smallest absolute Gasteiger partial charge is 0.261 e. The highest BCUT2D eigenvalue weighted by atomic mass is 16.5. The molecule has 33 heavy (non-hydrogen) atoms. The molecule has 0 radical (unpaired) electrons. The van der Waals surface area contributed by atoms with Crippen molar-refractivity contribution < 1.29 is 14.3 Å². The predicted octanol–water partition coefficient (Wildman–Crippen LogP) is 5.03. The normalized spacial score (nSPS) is 19.1. The van der Waals surface area contributed by atoms with Crippen molar-refractivity contribution in [2.45, 2.75) is 70.9 Å². The highest BCUT2D eigenvalue weighted by molar-refractivity contribution is 5.81. The second-order valence-electron chi connectivity index (χ2n) is 9.24. The molecule has 176 valence electrons. The number of hydrogen-bond donors (Lipinski definition) is 1. The standard InChI is InChI=1S/C28H36N2O3/c1-3-17-29-27(31)25(4-2)33-23-15-14-20-16-18-30(28(32)22-12-8-9-13-22)26(24(20)19-23)21-10-6-5-7-11-21/h5-7,10-11,14-15,19,22,25-26H,3-4,8-9,12-13,16-18H2,1-2H3,(H,29,31)/t25-,26-/m1/s1. The molecule has 4 rings (SSSR count). The maximum absolute atomic E-state index is 13.5. The van der Waals surface area contributed by atoms with E-state index in [0.717, 1.165) is 56.2 Å². The van der Waals surface area contributed by atoms with Gasteiger partial charge < -0.3 is 15.0 Å². The Morgan fingerprint density at radius 2 is 1.85 bits per heavy atom. The Bertz CT molecular complexity index is 953. The van der Waals surface area contributed by atoms with Crippen LogP contribution in [0, 0.1) is 5.92 Å². The van der Waals surface area contributed by atoms with E-state index >= 15 is 0 Å². The zero-order valence-electron chi connectivity index (χ0n) is 19.9. The first kappa shape index (κ1) is 23.3. The molecular formula is C28H36N2O3. The Balaban J connectivity index is 1.65. The molecule has 1 saturated carbocycles. The summed E-state index contributed by atoms with van der Waals surface area (Å²) in [6, 6.07) is 16.3. The highest BCUT2D eigenvalue weighted by Gasteiger charge is 2.36. The fourth-order valence-corrected chi connectivity index (χ4v) is 5.15. The Labute approximate surface area is 197 Å². The van der Waals surface area contributed by atoms with Crippen molar-refractivity contribution in [3.63, 3.8) is 0 Å². The number of hydrogen-bond acceptors (Lipinski definition) is 3. The zero-order chi connectivity index (χ0) is 23.2. The van der Waals surface area contributed by atoms with E-state index < -0.39 is 6.10 Å². The van der Waals surface area contributed by atoms with Crippen molar-refractivity contribution in [3.05, 3.63) is 65.2 Å². The summed E-state index contributed by atoms with van der Waals surface area (Å²) in [6.45, 7) is 5.38. The van der Waals surface area contributed by atoms with E-state index in [9.17, 15) is 9.59 Å². The molecule has 1 heterocycles. The van der Waals surface area contributed by atoms with E-state index in [4.69, 9.17) is 4.74 Å². The third kappa shape index (κ3) is 5.23. The SMILES string of the molecule is CCCNC(=O)[C@@H](CC)Oc1ccc2c(c1)[C@@H](c1ccccc1)N(C(=O)C1CCCC1)CC2. The quantitative estimate of drug-likeness (QED) is 0.616. The Kier molecular flexibility index (Phi) is 7.69. The van der Waals surface area contributed by atoms with Gasteiger partial charge in [0, 0.05) is 19.0 Å². The average Bonchev–Trinajstić information content (AvgIpc) is 3.40. The summed E-state index contributed by atoms with van der Waals surface area (Å²) < 4.78 is 6.15. The lowest BCUT2D eigenvalue weighted by Crippen LogP contribution is -2.43. The Morgan fingerprint density at radius 1 is 1.09 bits per heavy atom. The molecule has 1 N–H and O–H groups in total. The summed E-state index contributed by atoms with van der Waals surface area (Å²) in [6.07, 6.45) is 6.10. The van der Waals surface area contributed by atoms with Crippen molar-refractivity contribution in [3.8, 4) is 5.75 Å². The maximum Gasteiger partial charge on any atom is 0.261 e. The van der Waals surface area contributed by atoms with Crippen LogP contribution >= 0.6 is 0 Å². The monoisotopic (exact) mass is 448 g/mol. The van der Waals surface area contributed by atoms with E-state index in [-0.39, 0.29) is 23.8 Å². The van der Waals surface area contributed by atoms with Gasteiger partial charge in [-0.3, -0.25) is 9.59 Å². The molecule has 2 aromatic rings. The number of amides is 2. The van der Waals surface area contributed by atoms with E-state index in [2.05, 4.69) is 34.5 Å². The molecule has 5 heteroatoms. The molecule has 1 aliphatic heterocycles. The molecule has 0 spiro atoms. The van der Waals surface area contributed by atoms with Gasteiger partial charge in [-0.2, -0.15) is 0 Å². The lowest BCUT2D eigenvalue weighted by molar-refractivity contribution is -0.137. The molecule has 2 amide bonds. The fourth-order valence-electron chi connectivity index (χ4n) is 5.15. The molecule has 0 aromatic heterocycles.